The number of carbonyl (C=O) groups is 1. The van der Waals surface area contributed by atoms with E-state index >= 15 is 0 Å². The van der Waals surface area contributed by atoms with Crippen molar-refractivity contribution < 1.29 is 31.2 Å². The molecular weight excluding hydrogens is 530 g/mol. The van der Waals surface area contributed by atoms with E-state index in [2.05, 4.69) is 4.99 Å². The first-order valence-electron chi connectivity index (χ1n) is 14.7. The first-order valence-corrected chi connectivity index (χ1v) is 13.7. The normalized spacial score (nSPS) is 14.0. The maximum Gasteiger partial charge on any atom is 0.302 e. The predicted molar refractivity (Wildman–Crippen MR) is 162 cm³/mol. The topological polar surface area (TPSA) is 75.6 Å². The van der Waals surface area contributed by atoms with E-state index in [-0.39, 0.29) is 26.1 Å². The first kappa shape index (κ1) is 26.1. The molecule has 7 heteroatoms. The van der Waals surface area contributed by atoms with Crippen LogP contribution in [0, 0.1) is 0 Å². The van der Waals surface area contributed by atoms with E-state index in [4.69, 9.17) is 26.4 Å². The van der Waals surface area contributed by atoms with Crippen LogP contribution >= 0.6 is 0 Å². The third kappa shape index (κ3) is 6.92. The smallest absolute Gasteiger partial charge is 0.302 e. The summed E-state index contributed by atoms with van der Waals surface area (Å²) in [4.78, 5) is 16.4. The van der Waals surface area contributed by atoms with Gasteiger partial charge in [0, 0.05) is 36.7 Å². The molecule has 1 aliphatic rings. The van der Waals surface area contributed by atoms with Gasteiger partial charge in [0.05, 0.1) is 17.0 Å². The summed E-state index contributed by atoms with van der Waals surface area (Å²) in [6.45, 7) is 0.102. The zero-order valence-electron chi connectivity index (χ0n) is 26.0. The monoisotopic (exact) mass is 567 g/mol. The molecule has 7 nitrogen and oxygen atoms in total. The molecule has 0 atom stereocenters. The van der Waals surface area contributed by atoms with Crippen LogP contribution in [0.4, 0.5) is 0 Å². The van der Waals surface area contributed by atoms with Crippen LogP contribution in [0.25, 0.3) is 0 Å². The summed E-state index contributed by atoms with van der Waals surface area (Å²) in [5.74, 6) is 1.57. The minimum absolute atomic E-state index is 0.0485. The first-order chi connectivity index (χ1) is 21.3. The second-order valence-corrected chi connectivity index (χ2v) is 9.79. The van der Waals surface area contributed by atoms with Gasteiger partial charge < -0.3 is 23.7 Å². The van der Waals surface area contributed by atoms with E-state index in [0.717, 1.165) is 27.8 Å². The lowest BCUT2D eigenvalue weighted by atomic mass is 9.91. The van der Waals surface area contributed by atoms with E-state index in [0.29, 0.717) is 40.9 Å². The average Bonchev–Trinajstić information content (AvgIpc) is 3.02. The van der Waals surface area contributed by atoms with Gasteiger partial charge in [0.1, 0.15) is 19.8 Å². The lowest BCUT2D eigenvalue weighted by Crippen LogP contribution is -2.17. The molecule has 1 aliphatic heterocycles. The predicted octanol–water partition coefficient (Wildman–Crippen LogP) is 6.51. The van der Waals surface area contributed by atoms with E-state index in [1.807, 2.05) is 78.9 Å². The van der Waals surface area contributed by atoms with Crippen LogP contribution in [0.1, 0.15) is 43.0 Å². The number of hydrogen-bond acceptors (Lipinski definition) is 7. The number of aliphatic imine (C=N–C) groups is 1. The quantitative estimate of drug-likeness (QED) is 0.182. The van der Waals surface area contributed by atoms with Gasteiger partial charge >= 0.3 is 5.97 Å². The fourth-order valence-corrected chi connectivity index (χ4v) is 4.81. The van der Waals surface area contributed by atoms with Crippen molar-refractivity contribution in [3.05, 3.63) is 118 Å². The number of carbonyl (C=O) groups excluding carboxylic acids is 1. The Labute approximate surface area is 249 Å². The van der Waals surface area contributed by atoms with Crippen molar-refractivity contribution in [2.75, 3.05) is 20.7 Å². The molecule has 0 saturated heterocycles. The Bertz CT molecular complexity index is 1640. The number of aryl methyl sites for hydroxylation is 1. The van der Waals surface area contributed by atoms with E-state index < -0.39 is 12.5 Å². The van der Waals surface area contributed by atoms with Crippen molar-refractivity contribution in [3.8, 4) is 23.0 Å². The largest absolute Gasteiger partial charge is 0.493 e. The summed E-state index contributed by atoms with van der Waals surface area (Å²) in [6.07, 6.45) is 0.342. The molecule has 1 heterocycles. The van der Waals surface area contributed by atoms with Crippen molar-refractivity contribution in [2.45, 2.75) is 39.6 Å². The van der Waals surface area contributed by atoms with Crippen molar-refractivity contribution in [3.63, 3.8) is 0 Å². The number of ether oxygens (including phenoxy) is 5. The molecule has 4 aromatic rings. The van der Waals surface area contributed by atoms with Crippen molar-refractivity contribution in [2.24, 2.45) is 4.99 Å². The summed E-state index contributed by atoms with van der Waals surface area (Å²) in [7, 11) is 3.12. The fraction of sp³-hybridized carbons (Fsp3) is 0.257. The second-order valence-electron chi connectivity index (χ2n) is 9.79. The van der Waals surface area contributed by atoms with Crippen molar-refractivity contribution in [1.82, 2.24) is 0 Å². The summed E-state index contributed by atoms with van der Waals surface area (Å²) in [6, 6.07) is 26.9. The number of fused-ring (bicyclic) bond motifs is 1. The zero-order chi connectivity index (χ0) is 31.1. The van der Waals surface area contributed by atoms with Crippen LogP contribution in [0.15, 0.2) is 89.9 Å². The molecule has 0 N–H and O–H groups in total. The molecule has 0 unspecified atom stereocenters. The molecule has 0 saturated carbocycles. The SMILES string of the molecule is [2H]C1([2H])Cc2cc(OC)c(OCc3ccccc3)cc2C(Cc2ccc(OC)c(OCc3ccccc3)c2COC(C)=O)=N1. The lowest BCUT2D eigenvalue weighted by Gasteiger charge is -2.23. The van der Waals surface area contributed by atoms with Crippen LogP contribution in [0.5, 0.6) is 23.0 Å². The Morgan fingerprint density at radius 2 is 1.48 bits per heavy atom. The number of esters is 1. The minimum Gasteiger partial charge on any atom is -0.493 e. The molecule has 0 aromatic heterocycles. The fourth-order valence-electron chi connectivity index (χ4n) is 4.81. The van der Waals surface area contributed by atoms with Gasteiger partial charge in [-0.15, -0.1) is 0 Å². The summed E-state index contributed by atoms with van der Waals surface area (Å²) in [5, 5.41) is 0. The molecule has 0 radical (unpaired) electrons. The Balaban J connectivity index is 1.53. The Hall–Kier alpha value is -4.78. The van der Waals surface area contributed by atoms with Gasteiger partial charge in [-0.2, -0.15) is 0 Å². The maximum atomic E-state index is 11.9. The number of hydrogen-bond donors (Lipinski definition) is 0. The molecule has 0 spiro atoms. The Morgan fingerprint density at radius 3 is 2.12 bits per heavy atom. The van der Waals surface area contributed by atoms with E-state index in [9.17, 15) is 4.79 Å². The summed E-state index contributed by atoms with van der Waals surface area (Å²) < 4.78 is 46.3. The average molecular weight is 568 g/mol. The van der Waals surface area contributed by atoms with Gasteiger partial charge in [0.25, 0.3) is 0 Å². The van der Waals surface area contributed by atoms with E-state index in [1.54, 1.807) is 20.3 Å². The highest BCUT2D eigenvalue weighted by Gasteiger charge is 2.23. The second kappa shape index (κ2) is 13.7. The van der Waals surface area contributed by atoms with Gasteiger partial charge in [-0.1, -0.05) is 66.7 Å². The molecule has 42 heavy (non-hydrogen) atoms. The third-order valence-electron chi connectivity index (χ3n) is 6.97. The van der Waals surface area contributed by atoms with Gasteiger partial charge in [0.15, 0.2) is 23.0 Å². The van der Waals surface area contributed by atoms with Gasteiger partial charge in [-0.25, -0.2) is 0 Å². The number of nitrogens with zero attached hydrogens (tertiary/aromatic N) is 1. The Kier molecular flexibility index (Phi) is 8.54. The molecule has 0 bridgehead atoms. The molecular formula is C35H35NO6. The van der Waals surface area contributed by atoms with Gasteiger partial charge in [-0.05, 0) is 46.9 Å². The van der Waals surface area contributed by atoms with Crippen LogP contribution in [-0.2, 0) is 42.2 Å². The number of rotatable bonds is 12. The lowest BCUT2D eigenvalue weighted by molar-refractivity contribution is -0.142. The van der Waals surface area contributed by atoms with Crippen LogP contribution in [0.2, 0.25) is 0 Å². The molecule has 216 valence electrons. The molecule has 0 fully saturated rings. The highest BCUT2D eigenvalue weighted by atomic mass is 16.5. The standard InChI is InChI=1S/C35H35NO6/c1-24(37)40-23-30-27(14-15-32(38-2)35(30)42-22-26-12-8-5-9-13-26)18-31-29-20-34(41-21-25-10-6-4-7-11-25)33(39-3)19-28(29)16-17-36-31/h4-15,19-20H,16-18,21-23H2,1-3H3/i17D2. The molecule has 5 rings (SSSR count). The molecule has 0 aliphatic carbocycles. The Morgan fingerprint density at radius 1 is 0.810 bits per heavy atom. The minimum atomic E-state index is -1.82. The summed E-state index contributed by atoms with van der Waals surface area (Å²) in [5.41, 5.74) is 5.43. The van der Waals surface area contributed by atoms with Gasteiger partial charge in [-0.3, -0.25) is 9.79 Å². The zero-order valence-corrected chi connectivity index (χ0v) is 24.0. The summed E-state index contributed by atoms with van der Waals surface area (Å²) >= 11 is 0. The molecule has 0 amide bonds. The molecule has 4 aromatic carbocycles. The van der Waals surface area contributed by atoms with Crippen LogP contribution < -0.4 is 18.9 Å². The van der Waals surface area contributed by atoms with Gasteiger partial charge in [0.2, 0.25) is 0 Å². The highest BCUT2D eigenvalue weighted by Crippen LogP contribution is 2.38. The highest BCUT2D eigenvalue weighted by molar-refractivity contribution is 6.04. The van der Waals surface area contributed by atoms with Crippen molar-refractivity contribution in [1.29, 1.82) is 0 Å². The van der Waals surface area contributed by atoms with E-state index in [1.165, 1.54) is 6.92 Å². The third-order valence-corrected chi connectivity index (χ3v) is 6.97. The number of benzene rings is 4. The van der Waals surface area contributed by atoms with Crippen LogP contribution in [-0.4, -0.2) is 32.4 Å². The van der Waals surface area contributed by atoms with Crippen molar-refractivity contribution >= 4 is 11.7 Å². The van der Waals surface area contributed by atoms with Crippen LogP contribution in [0.3, 0.4) is 0 Å². The maximum absolute atomic E-state index is 11.9. The number of methoxy groups -OCH3 is 2.